The van der Waals surface area contributed by atoms with E-state index < -0.39 is 29.4 Å². The van der Waals surface area contributed by atoms with E-state index in [0.717, 1.165) is 22.3 Å². The fourth-order valence-corrected chi connectivity index (χ4v) is 5.43. The third-order valence-electron chi connectivity index (χ3n) is 7.33. The number of allylic oxidation sites excluding steroid dienone is 1. The molecule has 35 heavy (non-hydrogen) atoms. The minimum Gasteiger partial charge on any atom is -0.481 e. The molecule has 2 saturated heterocycles. The van der Waals surface area contributed by atoms with Crippen molar-refractivity contribution in [1.29, 1.82) is 0 Å². The molecule has 2 aliphatic heterocycles. The third-order valence-corrected chi connectivity index (χ3v) is 7.33. The van der Waals surface area contributed by atoms with E-state index in [-0.39, 0.29) is 44.7 Å². The van der Waals surface area contributed by atoms with Gasteiger partial charge in [-0.05, 0) is 28.7 Å². The molecule has 0 spiro atoms. The average Bonchev–Trinajstić information content (AvgIpc) is 3.41. The highest BCUT2D eigenvalue weighted by Gasteiger charge is 2.52. The molecule has 8 heteroatoms. The topological polar surface area (TPSA) is 105 Å². The number of alkyl carbamates (subject to hydrolysis) is 1. The SMILES string of the molecule is C=CCC1(C(=O)O)CN(C(=O)C2COCC2NC(=O)OCC2c3ccccc3-c3ccccc32)C1. The molecule has 1 aliphatic carbocycles. The molecule has 2 aromatic rings. The molecule has 2 unspecified atom stereocenters. The number of nitrogens with one attached hydrogen (secondary N) is 1. The van der Waals surface area contributed by atoms with Crippen LogP contribution in [0.15, 0.2) is 61.2 Å². The first-order valence-corrected chi connectivity index (χ1v) is 11.8. The van der Waals surface area contributed by atoms with Gasteiger partial charge in [0.25, 0.3) is 0 Å². The van der Waals surface area contributed by atoms with Crippen LogP contribution < -0.4 is 5.32 Å². The quantitative estimate of drug-likeness (QED) is 0.596. The van der Waals surface area contributed by atoms with Crippen molar-refractivity contribution in [2.45, 2.75) is 18.4 Å². The van der Waals surface area contributed by atoms with Gasteiger partial charge in [-0.15, -0.1) is 6.58 Å². The van der Waals surface area contributed by atoms with Gasteiger partial charge in [0.2, 0.25) is 5.91 Å². The van der Waals surface area contributed by atoms with Gasteiger partial charge < -0.3 is 24.8 Å². The molecule has 2 fully saturated rings. The zero-order valence-electron chi connectivity index (χ0n) is 19.3. The number of hydrogen-bond donors (Lipinski definition) is 2. The van der Waals surface area contributed by atoms with Gasteiger partial charge >= 0.3 is 12.1 Å². The van der Waals surface area contributed by atoms with E-state index in [2.05, 4.69) is 36.2 Å². The number of aliphatic carboxylic acids is 1. The van der Waals surface area contributed by atoms with Crippen molar-refractivity contribution in [2.24, 2.45) is 11.3 Å². The van der Waals surface area contributed by atoms with Crippen molar-refractivity contribution >= 4 is 18.0 Å². The standard InChI is InChI=1S/C27H28N2O6/c1-2-11-27(25(31)32)15-29(16-27)24(30)22-12-34-14-23(22)28-26(33)35-13-21-19-9-5-3-7-17(19)18-8-4-6-10-20(18)21/h2-10,21-23H,1,11-16H2,(H,28,33)(H,31,32). The van der Waals surface area contributed by atoms with Crippen molar-refractivity contribution in [3.05, 3.63) is 72.3 Å². The molecule has 182 valence electrons. The van der Waals surface area contributed by atoms with Crippen LogP contribution in [0.3, 0.4) is 0 Å². The van der Waals surface area contributed by atoms with E-state index in [1.165, 1.54) is 4.90 Å². The number of amides is 2. The van der Waals surface area contributed by atoms with Crippen LogP contribution in [0.5, 0.6) is 0 Å². The summed E-state index contributed by atoms with van der Waals surface area (Å²) in [7, 11) is 0. The van der Waals surface area contributed by atoms with Crippen LogP contribution in [0.4, 0.5) is 4.79 Å². The third kappa shape index (κ3) is 4.08. The van der Waals surface area contributed by atoms with Crippen LogP contribution in [-0.4, -0.2) is 66.9 Å². The Balaban J connectivity index is 1.19. The maximum atomic E-state index is 13.0. The number of carbonyl (C=O) groups excluding carboxylic acids is 2. The molecule has 5 rings (SSSR count). The maximum Gasteiger partial charge on any atom is 0.407 e. The predicted molar refractivity (Wildman–Crippen MR) is 128 cm³/mol. The summed E-state index contributed by atoms with van der Waals surface area (Å²) < 4.78 is 11.1. The van der Waals surface area contributed by atoms with Crippen molar-refractivity contribution in [3.8, 4) is 11.1 Å². The molecule has 3 aliphatic rings. The largest absolute Gasteiger partial charge is 0.481 e. The Kier molecular flexibility index (Phi) is 6.06. The molecule has 0 bridgehead atoms. The molecule has 0 radical (unpaired) electrons. The van der Waals surface area contributed by atoms with Gasteiger partial charge in [0, 0.05) is 19.0 Å². The number of carboxylic acids is 1. The molecular weight excluding hydrogens is 448 g/mol. The Bertz CT molecular complexity index is 1130. The number of ether oxygens (including phenoxy) is 2. The molecule has 2 N–H and O–H groups in total. The van der Waals surface area contributed by atoms with E-state index in [4.69, 9.17) is 9.47 Å². The van der Waals surface area contributed by atoms with E-state index in [0.29, 0.717) is 6.42 Å². The van der Waals surface area contributed by atoms with Crippen molar-refractivity contribution in [2.75, 3.05) is 32.9 Å². The molecule has 2 atom stereocenters. The lowest BCUT2D eigenvalue weighted by Gasteiger charge is -2.47. The van der Waals surface area contributed by atoms with Gasteiger partial charge in [-0.25, -0.2) is 4.79 Å². The van der Waals surface area contributed by atoms with Crippen LogP contribution in [0.2, 0.25) is 0 Å². The van der Waals surface area contributed by atoms with Gasteiger partial charge in [0.05, 0.1) is 25.2 Å². The van der Waals surface area contributed by atoms with E-state index >= 15 is 0 Å². The summed E-state index contributed by atoms with van der Waals surface area (Å²) in [5.74, 6) is -1.78. The highest BCUT2D eigenvalue weighted by Crippen LogP contribution is 2.44. The second-order valence-corrected chi connectivity index (χ2v) is 9.49. The summed E-state index contributed by atoms with van der Waals surface area (Å²) in [5, 5.41) is 12.3. The Labute approximate surface area is 203 Å². The van der Waals surface area contributed by atoms with Crippen LogP contribution >= 0.6 is 0 Å². The van der Waals surface area contributed by atoms with Gasteiger partial charge in [0.15, 0.2) is 0 Å². The lowest BCUT2D eigenvalue weighted by atomic mass is 9.76. The number of fused-ring (bicyclic) bond motifs is 3. The van der Waals surface area contributed by atoms with Gasteiger partial charge in [-0.2, -0.15) is 0 Å². The van der Waals surface area contributed by atoms with Crippen molar-refractivity contribution < 1.29 is 29.0 Å². The molecule has 8 nitrogen and oxygen atoms in total. The summed E-state index contributed by atoms with van der Waals surface area (Å²) in [5.41, 5.74) is 3.56. The van der Waals surface area contributed by atoms with Crippen LogP contribution in [-0.2, 0) is 19.1 Å². The zero-order chi connectivity index (χ0) is 24.6. The number of nitrogens with zero attached hydrogens (tertiary/aromatic N) is 1. The van der Waals surface area contributed by atoms with Crippen LogP contribution in [0, 0.1) is 11.3 Å². The highest BCUT2D eigenvalue weighted by atomic mass is 16.5. The Hall–Kier alpha value is -3.65. The van der Waals surface area contributed by atoms with Gasteiger partial charge in [-0.3, -0.25) is 9.59 Å². The fourth-order valence-electron chi connectivity index (χ4n) is 5.43. The molecule has 0 aromatic heterocycles. The molecule has 2 aromatic carbocycles. The Morgan fingerprint density at radius 3 is 2.31 bits per heavy atom. The highest BCUT2D eigenvalue weighted by molar-refractivity contribution is 5.86. The van der Waals surface area contributed by atoms with Gasteiger partial charge in [0.1, 0.15) is 12.0 Å². The smallest absolute Gasteiger partial charge is 0.407 e. The summed E-state index contributed by atoms with van der Waals surface area (Å²) in [4.78, 5) is 38.8. The number of rotatable bonds is 7. The fraction of sp³-hybridized carbons (Fsp3) is 0.370. The number of benzene rings is 2. The summed E-state index contributed by atoms with van der Waals surface area (Å²) in [6.07, 6.45) is 1.26. The number of hydrogen-bond acceptors (Lipinski definition) is 5. The van der Waals surface area contributed by atoms with E-state index in [1.54, 1.807) is 6.08 Å². The monoisotopic (exact) mass is 476 g/mol. The van der Waals surface area contributed by atoms with Crippen molar-refractivity contribution in [3.63, 3.8) is 0 Å². The van der Waals surface area contributed by atoms with Crippen molar-refractivity contribution in [1.82, 2.24) is 10.2 Å². The minimum absolute atomic E-state index is 0.0551. The lowest BCUT2D eigenvalue weighted by molar-refractivity contribution is -0.167. The van der Waals surface area contributed by atoms with Gasteiger partial charge in [-0.1, -0.05) is 54.6 Å². The Morgan fingerprint density at radius 2 is 1.71 bits per heavy atom. The summed E-state index contributed by atoms with van der Waals surface area (Å²) in [6.45, 7) is 4.43. The number of likely N-dealkylation sites (tertiary alicyclic amines) is 1. The molecule has 2 amide bonds. The number of carboxylic acid groups (broad SMARTS) is 1. The van der Waals surface area contributed by atoms with Crippen LogP contribution in [0.1, 0.15) is 23.5 Å². The second-order valence-electron chi connectivity index (χ2n) is 9.49. The van der Waals surface area contributed by atoms with Crippen LogP contribution in [0.25, 0.3) is 11.1 Å². The number of carbonyl (C=O) groups is 3. The van der Waals surface area contributed by atoms with E-state index in [9.17, 15) is 19.5 Å². The normalized spacial score (nSPS) is 22.0. The summed E-state index contributed by atoms with van der Waals surface area (Å²) >= 11 is 0. The first-order chi connectivity index (χ1) is 16.9. The summed E-state index contributed by atoms with van der Waals surface area (Å²) in [6, 6.07) is 15.7. The molecule has 2 heterocycles. The predicted octanol–water partition coefficient (Wildman–Crippen LogP) is 3.03. The first-order valence-electron chi connectivity index (χ1n) is 11.8. The lowest BCUT2D eigenvalue weighted by Crippen LogP contribution is -2.64. The maximum absolute atomic E-state index is 13.0. The zero-order valence-corrected chi connectivity index (χ0v) is 19.3. The first kappa shape index (κ1) is 23.1. The molecular formula is C27H28N2O6. The minimum atomic E-state index is -0.980. The van der Waals surface area contributed by atoms with E-state index in [1.807, 2.05) is 24.3 Å². The second kappa shape index (κ2) is 9.19. The Morgan fingerprint density at radius 1 is 1.09 bits per heavy atom. The average molecular weight is 477 g/mol. The molecule has 0 saturated carbocycles.